The zero-order valence-corrected chi connectivity index (χ0v) is 12.8. The Morgan fingerprint density at radius 1 is 1.20 bits per heavy atom. The Bertz CT molecular complexity index is 403. The summed E-state index contributed by atoms with van der Waals surface area (Å²) >= 11 is 0. The molecule has 0 amide bonds. The first-order valence-corrected chi connectivity index (χ1v) is 8.09. The fraction of sp³-hybridized carbons (Fsp3) is 0.750. The maximum atomic E-state index is 5.73. The second-order valence-corrected chi connectivity index (χ2v) is 5.54. The van der Waals surface area contributed by atoms with Gasteiger partial charge in [-0.3, -0.25) is 0 Å². The van der Waals surface area contributed by atoms with Gasteiger partial charge in [-0.15, -0.1) is 0 Å². The first-order chi connectivity index (χ1) is 9.81. The normalized spacial score (nSPS) is 16.1. The molecule has 1 aromatic heterocycles. The average Bonchev–Trinajstić information content (AvgIpc) is 2.48. The first kappa shape index (κ1) is 15.1. The molecule has 0 spiro atoms. The molecule has 4 nitrogen and oxygen atoms in total. The summed E-state index contributed by atoms with van der Waals surface area (Å²) in [6.07, 6.45) is 9.55. The van der Waals surface area contributed by atoms with Crippen molar-refractivity contribution in [2.24, 2.45) is 0 Å². The monoisotopic (exact) mass is 277 g/mol. The lowest BCUT2D eigenvalue weighted by Gasteiger charge is -2.23. The van der Waals surface area contributed by atoms with Crippen molar-refractivity contribution < 1.29 is 4.74 Å². The van der Waals surface area contributed by atoms with Gasteiger partial charge in [0.05, 0.1) is 6.61 Å². The SMILES string of the molecule is CCCCOc1cc(NC2CCCCC2)nc(CC)n1. The highest BCUT2D eigenvalue weighted by atomic mass is 16.5. The highest BCUT2D eigenvalue weighted by Gasteiger charge is 2.14. The minimum absolute atomic E-state index is 0.562. The van der Waals surface area contributed by atoms with Gasteiger partial charge in [0.15, 0.2) is 0 Å². The summed E-state index contributed by atoms with van der Waals surface area (Å²) in [5, 5.41) is 3.56. The predicted molar refractivity (Wildman–Crippen MR) is 82.3 cm³/mol. The van der Waals surface area contributed by atoms with Gasteiger partial charge in [-0.2, -0.15) is 4.98 Å². The number of ether oxygens (including phenoxy) is 1. The van der Waals surface area contributed by atoms with E-state index in [1.54, 1.807) is 0 Å². The van der Waals surface area contributed by atoms with Crippen LogP contribution in [0.1, 0.15) is 64.6 Å². The van der Waals surface area contributed by atoms with E-state index in [1.807, 2.05) is 6.07 Å². The second-order valence-electron chi connectivity index (χ2n) is 5.54. The van der Waals surface area contributed by atoms with Crippen molar-refractivity contribution in [3.63, 3.8) is 0 Å². The molecule has 0 atom stereocenters. The van der Waals surface area contributed by atoms with E-state index in [0.29, 0.717) is 11.9 Å². The predicted octanol–water partition coefficient (Wildman–Crippen LogP) is 3.96. The zero-order valence-electron chi connectivity index (χ0n) is 12.8. The molecule has 1 aliphatic rings. The molecule has 1 saturated carbocycles. The molecule has 0 aliphatic heterocycles. The highest BCUT2D eigenvalue weighted by molar-refractivity contribution is 5.39. The van der Waals surface area contributed by atoms with E-state index in [4.69, 9.17) is 4.74 Å². The largest absolute Gasteiger partial charge is 0.478 e. The van der Waals surface area contributed by atoms with Gasteiger partial charge < -0.3 is 10.1 Å². The van der Waals surface area contributed by atoms with Crippen LogP contribution in [0.2, 0.25) is 0 Å². The van der Waals surface area contributed by atoms with Crippen molar-refractivity contribution in [2.75, 3.05) is 11.9 Å². The lowest BCUT2D eigenvalue weighted by atomic mass is 9.95. The van der Waals surface area contributed by atoms with Gasteiger partial charge in [0.25, 0.3) is 0 Å². The molecule has 1 aromatic rings. The summed E-state index contributed by atoms with van der Waals surface area (Å²) in [6, 6.07) is 2.51. The number of aryl methyl sites for hydroxylation is 1. The van der Waals surface area contributed by atoms with Gasteiger partial charge in [-0.1, -0.05) is 39.5 Å². The number of nitrogens with one attached hydrogen (secondary N) is 1. The number of unbranched alkanes of at least 4 members (excludes halogenated alkanes) is 1. The van der Waals surface area contributed by atoms with Crippen LogP contribution in [0.15, 0.2) is 6.07 Å². The van der Waals surface area contributed by atoms with Crippen LogP contribution >= 0.6 is 0 Å². The van der Waals surface area contributed by atoms with Crippen LogP contribution in [0.3, 0.4) is 0 Å². The minimum atomic E-state index is 0.562. The fourth-order valence-corrected chi connectivity index (χ4v) is 2.56. The summed E-state index contributed by atoms with van der Waals surface area (Å²) < 4.78 is 5.73. The third-order valence-electron chi connectivity index (χ3n) is 3.77. The zero-order chi connectivity index (χ0) is 14.2. The Kier molecular flexibility index (Phi) is 6.09. The van der Waals surface area contributed by atoms with E-state index in [0.717, 1.165) is 37.5 Å². The van der Waals surface area contributed by atoms with Gasteiger partial charge in [0, 0.05) is 18.5 Å². The van der Waals surface area contributed by atoms with Crippen molar-refractivity contribution in [1.82, 2.24) is 9.97 Å². The van der Waals surface area contributed by atoms with E-state index < -0.39 is 0 Å². The lowest BCUT2D eigenvalue weighted by Crippen LogP contribution is -2.23. The molecular weight excluding hydrogens is 250 g/mol. The number of hydrogen-bond donors (Lipinski definition) is 1. The molecule has 0 aromatic carbocycles. The Hall–Kier alpha value is -1.32. The van der Waals surface area contributed by atoms with Crippen LogP contribution in [-0.2, 0) is 6.42 Å². The number of rotatable bonds is 7. The summed E-state index contributed by atoms with van der Waals surface area (Å²) in [5.41, 5.74) is 0. The maximum Gasteiger partial charge on any atom is 0.218 e. The third kappa shape index (κ3) is 4.66. The Labute approximate surface area is 122 Å². The minimum Gasteiger partial charge on any atom is -0.478 e. The van der Waals surface area contributed by atoms with Crippen molar-refractivity contribution in [1.29, 1.82) is 0 Å². The molecule has 1 N–H and O–H groups in total. The number of aromatic nitrogens is 2. The van der Waals surface area contributed by atoms with Crippen molar-refractivity contribution >= 4 is 5.82 Å². The quantitative estimate of drug-likeness (QED) is 0.766. The third-order valence-corrected chi connectivity index (χ3v) is 3.77. The summed E-state index contributed by atoms with van der Waals surface area (Å²) in [6.45, 7) is 4.98. The van der Waals surface area contributed by atoms with Crippen LogP contribution < -0.4 is 10.1 Å². The topological polar surface area (TPSA) is 47.0 Å². The second kappa shape index (κ2) is 8.08. The number of anilines is 1. The van der Waals surface area contributed by atoms with Gasteiger partial charge in [-0.25, -0.2) is 4.98 Å². The molecule has 0 saturated heterocycles. The van der Waals surface area contributed by atoms with E-state index in [2.05, 4.69) is 29.1 Å². The fourth-order valence-electron chi connectivity index (χ4n) is 2.56. The molecular formula is C16H27N3O. The molecule has 20 heavy (non-hydrogen) atoms. The lowest BCUT2D eigenvalue weighted by molar-refractivity contribution is 0.296. The van der Waals surface area contributed by atoms with Crippen LogP contribution in [0.4, 0.5) is 5.82 Å². The van der Waals surface area contributed by atoms with E-state index in [-0.39, 0.29) is 0 Å². The summed E-state index contributed by atoms with van der Waals surface area (Å²) in [7, 11) is 0. The van der Waals surface area contributed by atoms with Gasteiger partial charge in [0.2, 0.25) is 5.88 Å². The summed E-state index contributed by atoms with van der Waals surface area (Å²) in [5.74, 6) is 2.50. The van der Waals surface area contributed by atoms with Crippen molar-refractivity contribution in [2.45, 2.75) is 71.3 Å². The van der Waals surface area contributed by atoms with E-state index in [1.165, 1.54) is 32.1 Å². The Balaban J connectivity index is 2.00. The van der Waals surface area contributed by atoms with Gasteiger partial charge in [0.1, 0.15) is 11.6 Å². The maximum absolute atomic E-state index is 5.73. The first-order valence-electron chi connectivity index (χ1n) is 8.09. The molecule has 4 heteroatoms. The number of nitrogens with zero attached hydrogens (tertiary/aromatic N) is 2. The van der Waals surface area contributed by atoms with E-state index >= 15 is 0 Å². The molecule has 0 bridgehead atoms. The molecule has 0 unspecified atom stereocenters. The van der Waals surface area contributed by atoms with Gasteiger partial charge >= 0.3 is 0 Å². The average molecular weight is 277 g/mol. The standard InChI is InChI=1S/C16H27N3O/c1-3-5-11-20-16-12-15(18-14(4-2)19-16)17-13-9-7-6-8-10-13/h12-13H,3-11H2,1-2H3,(H,17,18,19). The molecule has 112 valence electrons. The van der Waals surface area contributed by atoms with Crippen molar-refractivity contribution in [3.05, 3.63) is 11.9 Å². The molecule has 2 rings (SSSR count). The molecule has 1 aliphatic carbocycles. The molecule has 1 fully saturated rings. The number of hydrogen-bond acceptors (Lipinski definition) is 4. The van der Waals surface area contributed by atoms with Crippen LogP contribution in [-0.4, -0.2) is 22.6 Å². The van der Waals surface area contributed by atoms with Crippen molar-refractivity contribution in [3.8, 4) is 5.88 Å². The molecule has 1 heterocycles. The van der Waals surface area contributed by atoms with Crippen LogP contribution in [0.5, 0.6) is 5.88 Å². The Morgan fingerprint density at radius 3 is 2.70 bits per heavy atom. The highest BCUT2D eigenvalue weighted by Crippen LogP contribution is 2.22. The van der Waals surface area contributed by atoms with Crippen LogP contribution in [0, 0.1) is 0 Å². The summed E-state index contributed by atoms with van der Waals surface area (Å²) in [4.78, 5) is 9.02. The van der Waals surface area contributed by atoms with E-state index in [9.17, 15) is 0 Å². The smallest absolute Gasteiger partial charge is 0.218 e. The Morgan fingerprint density at radius 2 is 2.00 bits per heavy atom. The molecule has 0 radical (unpaired) electrons. The van der Waals surface area contributed by atoms with Crippen LogP contribution in [0.25, 0.3) is 0 Å². The van der Waals surface area contributed by atoms with Gasteiger partial charge in [-0.05, 0) is 19.3 Å².